The summed E-state index contributed by atoms with van der Waals surface area (Å²) in [5, 5.41) is 9.30. The molecule has 1 aromatic carbocycles. The fraction of sp³-hybridized carbons (Fsp3) is 0.625. The quantitative estimate of drug-likeness (QED) is 0.264. The minimum atomic E-state index is -1.90. The molecule has 0 amide bonds. The van der Waals surface area contributed by atoms with E-state index in [9.17, 15) is 0 Å². The van der Waals surface area contributed by atoms with Gasteiger partial charge in [-0.25, -0.2) is 0 Å². The van der Waals surface area contributed by atoms with Crippen molar-refractivity contribution >= 4 is 14.0 Å². The molecular weight excluding hydrogens is 514 g/mol. The molecular formula is C32H49N5O2Si. The molecule has 1 aliphatic carbocycles. The van der Waals surface area contributed by atoms with E-state index >= 15 is 0 Å². The van der Waals surface area contributed by atoms with Crippen LogP contribution in [0.4, 0.5) is 0 Å². The molecule has 2 aliphatic rings. The number of fused-ring (bicyclic) bond motifs is 2. The maximum Gasteiger partial charge on any atom is 0.200 e. The minimum absolute atomic E-state index is 0.00333. The number of hydrogen-bond donors (Lipinski definition) is 1. The number of hydrogen-bond acceptors (Lipinski definition) is 6. The van der Waals surface area contributed by atoms with Crippen molar-refractivity contribution in [1.82, 2.24) is 19.5 Å². The molecule has 7 nitrogen and oxygen atoms in total. The van der Waals surface area contributed by atoms with Crippen LogP contribution in [0.3, 0.4) is 0 Å². The van der Waals surface area contributed by atoms with Crippen LogP contribution >= 0.6 is 0 Å². The molecule has 3 atom stereocenters. The highest BCUT2D eigenvalue weighted by atomic mass is 28.4. The number of pyridine rings is 1. The summed E-state index contributed by atoms with van der Waals surface area (Å²) >= 11 is 0. The molecule has 1 aliphatic heterocycles. The van der Waals surface area contributed by atoms with Gasteiger partial charge in [-0.3, -0.25) is 9.30 Å². The number of likely N-dealkylation sites (tertiary alicyclic amines) is 1. The van der Waals surface area contributed by atoms with Gasteiger partial charge in [0.25, 0.3) is 0 Å². The molecule has 0 bridgehead atoms. The van der Waals surface area contributed by atoms with Crippen LogP contribution in [0.1, 0.15) is 103 Å². The van der Waals surface area contributed by atoms with Gasteiger partial charge in [-0.2, -0.15) is 0 Å². The predicted octanol–water partition coefficient (Wildman–Crippen LogP) is 7.15. The van der Waals surface area contributed by atoms with Crippen molar-refractivity contribution in [1.29, 1.82) is 0 Å². The average Bonchev–Trinajstić information content (AvgIpc) is 3.51. The zero-order chi connectivity index (χ0) is 28.7. The number of ether oxygens (including phenoxy) is 1. The van der Waals surface area contributed by atoms with Crippen LogP contribution in [0, 0.1) is 0 Å². The van der Waals surface area contributed by atoms with Gasteiger partial charge in [0.05, 0.1) is 11.7 Å². The van der Waals surface area contributed by atoms with Gasteiger partial charge in [0.2, 0.25) is 0 Å². The highest BCUT2D eigenvalue weighted by Crippen LogP contribution is 2.43. The van der Waals surface area contributed by atoms with E-state index in [1.807, 2.05) is 12.1 Å². The third-order valence-corrected chi connectivity index (χ3v) is 15.9. The smallest absolute Gasteiger partial charge is 0.200 e. The van der Waals surface area contributed by atoms with E-state index < -0.39 is 8.32 Å². The zero-order valence-electron chi connectivity index (χ0n) is 25.6. The fourth-order valence-corrected chi connectivity index (χ4v) is 13.3. The molecule has 3 heterocycles. The molecule has 0 spiro atoms. The Morgan fingerprint density at radius 3 is 2.38 bits per heavy atom. The van der Waals surface area contributed by atoms with E-state index in [0.29, 0.717) is 16.6 Å². The lowest BCUT2D eigenvalue weighted by Crippen LogP contribution is -2.50. The Hall–Kier alpha value is -2.26. The first-order valence-corrected chi connectivity index (χ1v) is 17.5. The molecule has 3 aromatic rings. The largest absolute Gasteiger partial charge is 0.484 e. The highest BCUT2D eigenvalue weighted by molar-refractivity contribution is 6.77. The Labute approximate surface area is 241 Å². The van der Waals surface area contributed by atoms with Gasteiger partial charge in [-0.1, -0.05) is 65.8 Å². The second-order valence-electron chi connectivity index (χ2n) is 13.1. The van der Waals surface area contributed by atoms with Crippen LogP contribution < -0.4 is 10.5 Å². The highest BCUT2D eigenvalue weighted by Gasteiger charge is 2.46. The Morgan fingerprint density at radius 1 is 0.975 bits per heavy atom. The van der Waals surface area contributed by atoms with Gasteiger partial charge in [0.15, 0.2) is 19.8 Å². The predicted molar refractivity (Wildman–Crippen MR) is 164 cm³/mol. The van der Waals surface area contributed by atoms with Crippen molar-refractivity contribution in [3.05, 3.63) is 59.5 Å². The second-order valence-corrected chi connectivity index (χ2v) is 18.5. The number of benzene rings is 1. The van der Waals surface area contributed by atoms with Crippen molar-refractivity contribution in [3.8, 4) is 5.75 Å². The number of nitrogens with two attached hydrogens (primary N) is 1. The van der Waals surface area contributed by atoms with Gasteiger partial charge >= 0.3 is 0 Å². The van der Waals surface area contributed by atoms with Gasteiger partial charge in [-0.15, -0.1) is 10.2 Å². The molecule has 218 valence electrons. The molecule has 0 saturated carbocycles. The maximum atomic E-state index is 6.94. The zero-order valence-corrected chi connectivity index (χ0v) is 26.6. The van der Waals surface area contributed by atoms with E-state index in [1.54, 1.807) is 0 Å². The van der Waals surface area contributed by atoms with Crippen LogP contribution in [0.25, 0.3) is 5.65 Å². The summed E-state index contributed by atoms with van der Waals surface area (Å²) in [7, 11) is -1.90. The van der Waals surface area contributed by atoms with Gasteiger partial charge in [0.1, 0.15) is 11.9 Å². The van der Waals surface area contributed by atoms with Crippen molar-refractivity contribution < 1.29 is 9.16 Å². The fourth-order valence-electron chi connectivity index (χ4n) is 7.84. The second kappa shape index (κ2) is 11.5. The first-order valence-electron chi connectivity index (χ1n) is 15.3. The third kappa shape index (κ3) is 5.12. The molecule has 2 N–H and O–H groups in total. The summed E-state index contributed by atoms with van der Waals surface area (Å²) in [5.74, 6) is 1.82. The Bertz CT molecular complexity index is 1290. The molecule has 2 aromatic heterocycles. The van der Waals surface area contributed by atoms with Crippen LogP contribution in [0.15, 0.2) is 42.6 Å². The van der Waals surface area contributed by atoms with Crippen LogP contribution in [0.2, 0.25) is 16.6 Å². The third-order valence-electron chi connectivity index (χ3n) is 9.83. The summed E-state index contributed by atoms with van der Waals surface area (Å²) in [4.78, 5) is 2.57. The molecule has 0 radical (unpaired) electrons. The van der Waals surface area contributed by atoms with Crippen molar-refractivity contribution in [3.63, 3.8) is 0 Å². The van der Waals surface area contributed by atoms with Gasteiger partial charge in [0, 0.05) is 19.2 Å². The molecule has 8 heteroatoms. The Kier molecular flexibility index (Phi) is 8.44. The first-order chi connectivity index (χ1) is 19.1. The van der Waals surface area contributed by atoms with Crippen LogP contribution in [-0.2, 0) is 9.96 Å². The standard InChI is InChI=1S/C32H49N5O2Si/c1-22(2)40(23(3)4,24(5)6)38-20-19-36-18-10-17-32(36,7)31-35-34-30-16-13-25(21-37(30)31)39-29-15-14-28(33)26-11-8-9-12-27(26)29/h8-9,11-13,16,21-24,28-29H,10,14-15,17-20,33H2,1-7H3/t28-,29+,32-/m0/s1. The Morgan fingerprint density at radius 2 is 1.68 bits per heavy atom. The van der Waals surface area contributed by atoms with E-state index in [4.69, 9.17) is 20.0 Å². The lowest BCUT2D eigenvalue weighted by Gasteiger charge is -2.43. The van der Waals surface area contributed by atoms with Crippen LogP contribution in [0.5, 0.6) is 5.75 Å². The molecule has 40 heavy (non-hydrogen) atoms. The summed E-state index contributed by atoms with van der Waals surface area (Å²) in [6.07, 6.45) is 6.09. The lowest BCUT2D eigenvalue weighted by atomic mass is 9.86. The normalized spacial score (nSPS) is 24.0. The van der Waals surface area contributed by atoms with Crippen molar-refractivity contribution in [2.45, 2.75) is 108 Å². The monoisotopic (exact) mass is 563 g/mol. The summed E-state index contributed by atoms with van der Waals surface area (Å²) in [6, 6.07) is 12.5. The van der Waals surface area contributed by atoms with E-state index in [0.717, 1.165) is 62.6 Å². The number of rotatable bonds is 10. The molecule has 0 unspecified atom stereocenters. The molecule has 1 saturated heterocycles. The van der Waals surface area contributed by atoms with Crippen molar-refractivity contribution in [2.24, 2.45) is 5.73 Å². The topological polar surface area (TPSA) is 77.9 Å². The average molecular weight is 564 g/mol. The van der Waals surface area contributed by atoms with Gasteiger partial charge < -0.3 is 14.9 Å². The lowest BCUT2D eigenvalue weighted by molar-refractivity contribution is 0.114. The SMILES string of the molecule is CC(C)[Si](OCCN1CCC[C@@]1(C)c1nnc2ccc(O[C@@H]3CC[C@H](N)c4ccccc43)cn12)(C(C)C)C(C)C. The summed E-state index contributed by atoms with van der Waals surface area (Å²) < 4.78 is 15.7. The number of aromatic nitrogens is 3. The molecule has 5 rings (SSSR count). The van der Waals surface area contributed by atoms with E-state index in [-0.39, 0.29) is 17.7 Å². The van der Waals surface area contributed by atoms with Gasteiger partial charge in [-0.05, 0) is 79.0 Å². The Balaban J connectivity index is 1.36. The number of nitrogens with zero attached hydrogens (tertiary/aromatic N) is 4. The maximum absolute atomic E-state index is 6.94. The van der Waals surface area contributed by atoms with Crippen LogP contribution in [-0.4, -0.2) is 47.5 Å². The molecule has 1 fully saturated rings. The summed E-state index contributed by atoms with van der Waals surface area (Å²) in [6.45, 7) is 19.2. The summed E-state index contributed by atoms with van der Waals surface area (Å²) in [5.41, 5.74) is 11.2. The van der Waals surface area contributed by atoms with Crippen molar-refractivity contribution in [2.75, 3.05) is 19.7 Å². The van der Waals surface area contributed by atoms with E-state index in [1.165, 1.54) is 11.1 Å². The minimum Gasteiger partial charge on any atom is -0.484 e. The van der Waals surface area contributed by atoms with E-state index in [2.05, 4.69) is 93.3 Å². The first kappa shape index (κ1) is 29.2.